The molecule has 5 heteroatoms. The van der Waals surface area contributed by atoms with Crippen LogP contribution >= 0.6 is 0 Å². The number of ether oxygens (including phenoxy) is 1. The van der Waals surface area contributed by atoms with Crippen LogP contribution in [0.2, 0.25) is 0 Å². The summed E-state index contributed by atoms with van der Waals surface area (Å²) in [5, 5.41) is 0. The average Bonchev–Trinajstić information content (AvgIpc) is 3.15. The van der Waals surface area contributed by atoms with Crippen molar-refractivity contribution in [2.45, 2.75) is 44.4 Å². The van der Waals surface area contributed by atoms with Crippen LogP contribution in [-0.2, 0) is 16.1 Å². The second kappa shape index (κ2) is 8.30. The van der Waals surface area contributed by atoms with E-state index in [1.807, 2.05) is 36.5 Å². The minimum absolute atomic E-state index is 0.0746. The summed E-state index contributed by atoms with van der Waals surface area (Å²) in [6.45, 7) is 1.48. The number of nitrogens with zero attached hydrogens (tertiary/aromatic N) is 2. The lowest BCUT2D eigenvalue weighted by Gasteiger charge is -2.35. The molecular formula is C20H25FN2O2. The van der Waals surface area contributed by atoms with Crippen molar-refractivity contribution in [3.05, 3.63) is 60.2 Å². The van der Waals surface area contributed by atoms with Gasteiger partial charge < -0.3 is 14.2 Å². The molecule has 1 aliphatic rings. The van der Waals surface area contributed by atoms with Crippen LogP contribution in [0.4, 0.5) is 4.39 Å². The zero-order valence-corrected chi connectivity index (χ0v) is 14.6. The lowest BCUT2D eigenvalue weighted by atomic mass is 9.96. The molecule has 3 rings (SSSR count). The van der Waals surface area contributed by atoms with Gasteiger partial charge in [0.15, 0.2) is 0 Å². The predicted molar refractivity (Wildman–Crippen MR) is 94.6 cm³/mol. The fourth-order valence-electron chi connectivity index (χ4n) is 3.35. The third kappa shape index (κ3) is 4.69. The van der Waals surface area contributed by atoms with E-state index >= 15 is 0 Å². The molecule has 2 heterocycles. The molecule has 0 unspecified atom stereocenters. The monoisotopic (exact) mass is 344 g/mol. The maximum absolute atomic E-state index is 13.1. The summed E-state index contributed by atoms with van der Waals surface area (Å²) in [6, 6.07) is 10.6. The molecule has 1 fully saturated rings. The molecule has 1 aromatic heterocycles. The predicted octanol–water partition coefficient (Wildman–Crippen LogP) is 3.79. The lowest BCUT2D eigenvalue weighted by Crippen LogP contribution is -2.41. The van der Waals surface area contributed by atoms with E-state index in [1.54, 1.807) is 12.1 Å². The van der Waals surface area contributed by atoms with Gasteiger partial charge in [-0.3, -0.25) is 4.79 Å². The summed E-state index contributed by atoms with van der Waals surface area (Å²) in [5.74, 6) is -0.0667. The quantitative estimate of drug-likeness (QED) is 0.799. The minimum Gasteiger partial charge on any atom is -0.373 e. The van der Waals surface area contributed by atoms with Crippen LogP contribution in [-0.4, -0.2) is 35.1 Å². The van der Waals surface area contributed by atoms with Gasteiger partial charge in [-0.15, -0.1) is 0 Å². The summed E-state index contributed by atoms with van der Waals surface area (Å²) in [7, 11) is 1.88. The van der Waals surface area contributed by atoms with Gasteiger partial charge in [-0.25, -0.2) is 4.39 Å². The second-order valence-electron chi connectivity index (χ2n) is 6.62. The first-order valence-corrected chi connectivity index (χ1v) is 8.87. The molecule has 0 aliphatic carbocycles. The molecule has 1 aliphatic heterocycles. The summed E-state index contributed by atoms with van der Waals surface area (Å²) in [6.07, 6.45) is 6.94. The summed E-state index contributed by atoms with van der Waals surface area (Å²) in [5.41, 5.74) is 0.972. The number of benzene rings is 1. The Kier molecular flexibility index (Phi) is 5.87. The number of carbonyl (C=O) groups excluding carboxylic acids is 1. The van der Waals surface area contributed by atoms with Crippen molar-refractivity contribution in [2.75, 3.05) is 13.7 Å². The maximum atomic E-state index is 13.1. The van der Waals surface area contributed by atoms with Crippen molar-refractivity contribution < 1.29 is 13.9 Å². The van der Waals surface area contributed by atoms with Crippen molar-refractivity contribution in [2.24, 2.45) is 0 Å². The third-order valence-corrected chi connectivity index (χ3v) is 4.91. The molecule has 0 radical (unpaired) electrons. The number of rotatable bonds is 6. The molecule has 0 N–H and O–H groups in total. The Labute approximate surface area is 148 Å². The van der Waals surface area contributed by atoms with Gasteiger partial charge in [0, 0.05) is 45.1 Å². The molecule has 4 nitrogen and oxygen atoms in total. The Hall–Kier alpha value is -2.14. The van der Waals surface area contributed by atoms with Crippen molar-refractivity contribution in [3.8, 4) is 0 Å². The highest BCUT2D eigenvalue weighted by molar-refractivity contribution is 5.76. The largest absolute Gasteiger partial charge is 0.373 e. The third-order valence-electron chi connectivity index (χ3n) is 4.91. The van der Waals surface area contributed by atoms with Gasteiger partial charge in [-0.05, 0) is 49.1 Å². The highest BCUT2D eigenvalue weighted by atomic mass is 19.1. The minimum atomic E-state index is -0.244. The normalized spacial score (nSPS) is 20.4. The molecule has 2 aromatic rings. The SMILES string of the molecule is CN(C(=O)CCCn1cccc1)[C@H]1CCO[C@@H](c2ccc(F)cc2)C1. The number of carbonyl (C=O) groups is 1. The fourth-order valence-corrected chi connectivity index (χ4v) is 3.35. The van der Waals surface area contributed by atoms with Crippen LogP contribution in [0.25, 0.3) is 0 Å². The number of aromatic nitrogens is 1. The van der Waals surface area contributed by atoms with E-state index in [0.717, 1.165) is 31.4 Å². The Morgan fingerprint density at radius 2 is 2.00 bits per heavy atom. The molecule has 134 valence electrons. The van der Waals surface area contributed by atoms with Crippen molar-refractivity contribution in [1.29, 1.82) is 0 Å². The Bertz CT molecular complexity index is 670. The van der Waals surface area contributed by atoms with E-state index in [9.17, 15) is 9.18 Å². The standard InChI is InChI=1S/C20H25FN2O2/c1-22(20(24)5-4-13-23-11-2-3-12-23)18-10-14-25-19(15-18)16-6-8-17(21)9-7-16/h2-3,6-9,11-12,18-19H,4-5,10,13-15H2,1H3/t18-,19+/m0/s1. The van der Waals surface area contributed by atoms with E-state index in [-0.39, 0.29) is 23.9 Å². The number of amides is 1. The van der Waals surface area contributed by atoms with Gasteiger partial charge in [-0.1, -0.05) is 12.1 Å². The van der Waals surface area contributed by atoms with Crippen LogP contribution in [0.15, 0.2) is 48.8 Å². The van der Waals surface area contributed by atoms with Gasteiger partial charge in [-0.2, -0.15) is 0 Å². The van der Waals surface area contributed by atoms with Gasteiger partial charge >= 0.3 is 0 Å². The number of hydrogen-bond donors (Lipinski definition) is 0. The molecule has 2 atom stereocenters. The van der Waals surface area contributed by atoms with Crippen LogP contribution in [0, 0.1) is 5.82 Å². The molecule has 0 saturated carbocycles. The van der Waals surface area contributed by atoms with E-state index in [4.69, 9.17) is 4.74 Å². The maximum Gasteiger partial charge on any atom is 0.222 e. The van der Waals surface area contributed by atoms with Crippen LogP contribution in [0.1, 0.15) is 37.4 Å². The van der Waals surface area contributed by atoms with E-state index in [2.05, 4.69) is 4.57 Å². The Balaban J connectivity index is 1.51. The number of halogens is 1. The first-order valence-electron chi connectivity index (χ1n) is 8.87. The van der Waals surface area contributed by atoms with E-state index in [0.29, 0.717) is 13.0 Å². The fraction of sp³-hybridized carbons (Fsp3) is 0.450. The number of hydrogen-bond acceptors (Lipinski definition) is 2. The molecule has 1 saturated heterocycles. The first-order chi connectivity index (χ1) is 12.1. The summed E-state index contributed by atoms with van der Waals surface area (Å²) >= 11 is 0. The van der Waals surface area contributed by atoms with E-state index in [1.165, 1.54) is 12.1 Å². The van der Waals surface area contributed by atoms with Gasteiger partial charge in [0.05, 0.1) is 6.10 Å². The molecule has 0 bridgehead atoms. The van der Waals surface area contributed by atoms with Crippen molar-refractivity contribution in [1.82, 2.24) is 9.47 Å². The van der Waals surface area contributed by atoms with Gasteiger partial charge in [0.1, 0.15) is 5.82 Å². The van der Waals surface area contributed by atoms with Crippen molar-refractivity contribution >= 4 is 5.91 Å². The Morgan fingerprint density at radius 3 is 2.72 bits per heavy atom. The molecule has 25 heavy (non-hydrogen) atoms. The highest BCUT2D eigenvalue weighted by Gasteiger charge is 2.28. The summed E-state index contributed by atoms with van der Waals surface area (Å²) in [4.78, 5) is 14.4. The molecular weight excluding hydrogens is 319 g/mol. The number of aryl methyl sites for hydroxylation is 1. The second-order valence-corrected chi connectivity index (χ2v) is 6.62. The highest BCUT2D eigenvalue weighted by Crippen LogP contribution is 2.30. The molecule has 1 amide bonds. The van der Waals surface area contributed by atoms with Crippen molar-refractivity contribution in [3.63, 3.8) is 0 Å². The smallest absolute Gasteiger partial charge is 0.222 e. The van der Waals surface area contributed by atoms with Crippen LogP contribution in [0.5, 0.6) is 0 Å². The molecule has 1 aromatic carbocycles. The Morgan fingerprint density at radius 1 is 1.28 bits per heavy atom. The average molecular weight is 344 g/mol. The van der Waals surface area contributed by atoms with Gasteiger partial charge in [0.2, 0.25) is 5.91 Å². The zero-order chi connectivity index (χ0) is 17.6. The molecule has 0 spiro atoms. The van der Waals surface area contributed by atoms with Crippen LogP contribution < -0.4 is 0 Å². The zero-order valence-electron chi connectivity index (χ0n) is 14.6. The summed E-state index contributed by atoms with van der Waals surface area (Å²) < 4.78 is 21.0. The lowest BCUT2D eigenvalue weighted by molar-refractivity contribution is -0.135. The van der Waals surface area contributed by atoms with E-state index < -0.39 is 0 Å². The topological polar surface area (TPSA) is 34.5 Å². The van der Waals surface area contributed by atoms with Crippen LogP contribution in [0.3, 0.4) is 0 Å². The van der Waals surface area contributed by atoms with Gasteiger partial charge in [0.25, 0.3) is 0 Å². The first kappa shape index (κ1) is 17.7.